The molecular weight excluding hydrogens is 250 g/mol. The highest BCUT2D eigenvalue weighted by Crippen LogP contribution is 2.41. The summed E-state index contributed by atoms with van der Waals surface area (Å²) in [4.78, 5) is 0. The molecule has 0 bridgehead atoms. The Hall–Kier alpha value is -1.05. The second kappa shape index (κ2) is 3.02. The number of benzene rings is 1. The van der Waals surface area contributed by atoms with Gasteiger partial charge in [0.15, 0.2) is 0 Å². The number of nitrogens with zero attached hydrogens (tertiary/aromatic N) is 1. The van der Waals surface area contributed by atoms with E-state index in [2.05, 4.69) is 22.0 Å². The summed E-state index contributed by atoms with van der Waals surface area (Å²) in [6, 6.07) is 7.39. The van der Waals surface area contributed by atoms with E-state index in [0.29, 0.717) is 9.35 Å². The van der Waals surface area contributed by atoms with Crippen LogP contribution in [0.4, 0.5) is 0 Å². The molecule has 13 heavy (non-hydrogen) atoms. The van der Waals surface area contributed by atoms with E-state index >= 15 is 0 Å². The maximum atomic E-state index is 9.57. The third kappa shape index (κ3) is 1.21. The van der Waals surface area contributed by atoms with Gasteiger partial charge in [-0.15, -0.1) is 11.3 Å². The summed E-state index contributed by atoms with van der Waals surface area (Å²) in [6.45, 7) is 0. The number of rotatable bonds is 0. The smallest absolute Gasteiger partial charge is 0.148 e. The second-order valence-electron chi connectivity index (χ2n) is 2.52. The number of aromatic hydroxyl groups is 1. The highest BCUT2D eigenvalue weighted by atomic mass is 79.9. The zero-order chi connectivity index (χ0) is 9.42. The molecule has 0 aliphatic carbocycles. The van der Waals surface area contributed by atoms with Crippen LogP contribution in [-0.4, -0.2) is 5.11 Å². The summed E-state index contributed by atoms with van der Waals surface area (Å²) < 4.78 is 1.50. The molecular formula is C9H4BrNOS. The molecule has 2 rings (SSSR count). The van der Waals surface area contributed by atoms with E-state index in [1.54, 1.807) is 18.2 Å². The summed E-state index contributed by atoms with van der Waals surface area (Å²) in [7, 11) is 0. The van der Waals surface area contributed by atoms with Crippen molar-refractivity contribution in [1.29, 1.82) is 5.26 Å². The van der Waals surface area contributed by atoms with Crippen LogP contribution in [0.2, 0.25) is 0 Å². The average molecular weight is 254 g/mol. The van der Waals surface area contributed by atoms with Crippen LogP contribution < -0.4 is 0 Å². The van der Waals surface area contributed by atoms with Gasteiger partial charge in [-0.3, -0.25) is 0 Å². The summed E-state index contributed by atoms with van der Waals surface area (Å²) in [5.74, 6) is 0.220. The molecule has 0 saturated carbocycles. The maximum Gasteiger partial charge on any atom is 0.148 e. The van der Waals surface area contributed by atoms with Crippen LogP contribution in [0.25, 0.3) is 10.1 Å². The first-order valence-electron chi connectivity index (χ1n) is 3.54. The standard InChI is InChI=1S/C9H4BrNOS/c10-9-7(12)6-3-1-2-5(4-11)8(6)13-9/h1-3,12H. The topological polar surface area (TPSA) is 44.0 Å². The monoisotopic (exact) mass is 253 g/mol. The van der Waals surface area contributed by atoms with Crippen molar-refractivity contribution in [2.45, 2.75) is 0 Å². The fourth-order valence-electron chi connectivity index (χ4n) is 1.17. The Bertz CT molecular complexity index is 512. The molecule has 0 spiro atoms. The van der Waals surface area contributed by atoms with E-state index in [1.807, 2.05) is 0 Å². The van der Waals surface area contributed by atoms with Crippen LogP contribution in [0, 0.1) is 11.3 Å². The predicted molar refractivity (Wildman–Crippen MR) is 55.9 cm³/mol. The zero-order valence-corrected chi connectivity index (χ0v) is 8.82. The molecule has 0 aliphatic heterocycles. The van der Waals surface area contributed by atoms with Gasteiger partial charge in [0.25, 0.3) is 0 Å². The Labute approximate surface area is 87.2 Å². The van der Waals surface area contributed by atoms with Crippen LogP contribution in [0.5, 0.6) is 5.75 Å². The lowest BCUT2D eigenvalue weighted by Gasteiger charge is -1.91. The van der Waals surface area contributed by atoms with Crippen LogP contribution in [0.3, 0.4) is 0 Å². The second-order valence-corrected chi connectivity index (χ2v) is 4.86. The number of hydrogen-bond acceptors (Lipinski definition) is 3. The van der Waals surface area contributed by atoms with E-state index in [0.717, 1.165) is 10.1 Å². The third-order valence-corrected chi connectivity index (χ3v) is 3.65. The lowest BCUT2D eigenvalue weighted by atomic mass is 10.2. The van der Waals surface area contributed by atoms with Crippen LogP contribution in [-0.2, 0) is 0 Å². The first-order chi connectivity index (χ1) is 6.24. The van der Waals surface area contributed by atoms with E-state index in [4.69, 9.17) is 5.26 Å². The quantitative estimate of drug-likeness (QED) is 0.784. The van der Waals surface area contributed by atoms with Gasteiger partial charge in [0.2, 0.25) is 0 Å². The van der Waals surface area contributed by atoms with Crippen LogP contribution in [0.1, 0.15) is 5.56 Å². The predicted octanol–water partition coefficient (Wildman–Crippen LogP) is 3.24. The molecule has 0 aliphatic rings. The van der Waals surface area contributed by atoms with Gasteiger partial charge >= 0.3 is 0 Å². The van der Waals surface area contributed by atoms with Gasteiger partial charge in [-0.05, 0) is 28.1 Å². The molecule has 0 unspecified atom stereocenters. The van der Waals surface area contributed by atoms with Crippen LogP contribution in [0.15, 0.2) is 22.0 Å². The number of thiophene rings is 1. The van der Waals surface area contributed by atoms with Gasteiger partial charge < -0.3 is 5.11 Å². The van der Waals surface area contributed by atoms with Crippen molar-refractivity contribution in [2.75, 3.05) is 0 Å². The molecule has 0 atom stereocenters. The lowest BCUT2D eigenvalue weighted by Crippen LogP contribution is -1.71. The molecule has 2 aromatic rings. The summed E-state index contributed by atoms with van der Waals surface area (Å²) in [5.41, 5.74) is 0.600. The summed E-state index contributed by atoms with van der Waals surface area (Å²) >= 11 is 4.61. The zero-order valence-electron chi connectivity index (χ0n) is 6.41. The third-order valence-electron chi connectivity index (χ3n) is 1.77. The summed E-state index contributed by atoms with van der Waals surface area (Å²) in [6.07, 6.45) is 0. The highest BCUT2D eigenvalue weighted by Gasteiger charge is 2.10. The van der Waals surface area contributed by atoms with E-state index in [-0.39, 0.29) is 5.75 Å². The van der Waals surface area contributed by atoms with Gasteiger partial charge in [0.05, 0.1) is 10.3 Å². The average Bonchev–Trinajstić information content (AvgIpc) is 2.43. The Morgan fingerprint density at radius 2 is 2.23 bits per heavy atom. The molecule has 0 saturated heterocycles. The van der Waals surface area contributed by atoms with E-state index in [9.17, 15) is 5.11 Å². The minimum Gasteiger partial charge on any atom is -0.505 e. The Morgan fingerprint density at radius 3 is 2.92 bits per heavy atom. The van der Waals surface area contributed by atoms with Crippen molar-refractivity contribution in [1.82, 2.24) is 0 Å². The van der Waals surface area contributed by atoms with E-state index in [1.165, 1.54) is 11.3 Å². The highest BCUT2D eigenvalue weighted by molar-refractivity contribution is 9.11. The fraction of sp³-hybridized carbons (Fsp3) is 0. The van der Waals surface area contributed by atoms with Crippen molar-refractivity contribution in [3.8, 4) is 11.8 Å². The molecule has 64 valence electrons. The van der Waals surface area contributed by atoms with Crippen molar-refractivity contribution in [2.24, 2.45) is 0 Å². The molecule has 0 radical (unpaired) electrons. The number of nitriles is 1. The van der Waals surface area contributed by atoms with Crippen molar-refractivity contribution in [3.05, 3.63) is 27.5 Å². The van der Waals surface area contributed by atoms with E-state index < -0.39 is 0 Å². The molecule has 1 aromatic heterocycles. The number of halogens is 1. The molecule has 0 fully saturated rings. The van der Waals surface area contributed by atoms with Crippen molar-refractivity contribution in [3.63, 3.8) is 0 Å². The van der Waals surface area contributed by atoms with Gasteiger partial charge in [0.1, 0.15) is 15.6 Å². The number of hydrogen-bond donors (Lipinski definition) is 1. The molecule has 2 nitrogen and oxygen atoms in total. The molecule has 1 aromatic carbocycles. The molecule has 0 amide bonds. The largest absolute Gasteiger partial charge is 0.505 e. The first-order valence-corrected chi connectivity index (χ1v) is 5.15. The Balaban J connectivity index is 2.95. The number of fused-ring (bicyclic) bond motifs is 1. The van der Waals surface area contributed by atoms with Gasteiger partial charge in [0, 0.05) is 5.39 Å². The molecule has 1 heterocycles. The van der Waals surface area contributed by atoms with Gasteiger partial charge in [-0.25, -0.2) is 0 Å². The fourth-order valence-corrected chi connectivity index (χ4v) is 2.75. The molecule has 4 heteroatoms. The SMILES string of the molecule is N#Cc1cccc2c(O)c(Br)sc12. The maximum absolute atomic E-state index is 9.57. The summed E-state index contributed by atoms with van der Waals surface area (Å²) in [5, 5.41) is 19.1. The Morgan fingerprint density at radius 1 is 1.46 bits per heavy atom. The Kier molecular flexibility index (Phi) is 1.98. The minimum atomic E-state index is 0.220. The minimum absolute atomic E-state index is 0.220. The van der Waals surface area contributed by atoms with Crippen LogP contribution >= 0.6 is 27.3 Å². The van der Waals surface area contributed by atoms with Crippen molar-refractivity contribution >= 4 is 37.4 Å². The first kappa shape index (κ1) is 8.54. The lowest BCUT2D eigenvalue weighted by molar-refractivity contribution is 0.481. The molecule has 1 N–H and O–H groups in total. The van der Waals surface area contributed by atoms with Gasteiger partial charge in [-0.2, -0.15) is 5.26 Å². The van der Waals surface area contributed by atoms with Gasteiger partial charge in [-0.1, -0.05) is 6.07 Å². The normalized spacial score (nSPS) is 10.2. The van der Waals surface area contributed by atoms with Crippen molar-refractivity contribution < 1.29 is 5.11 Å².